The van der Waals surface area contributed by atoms with Gasteiger partial charge in [-0.15, -0.1) is 0 Å². The van der Waals surface area contributed by atoms with E-state index in [1.54, 1.807) is 36.3 Å². The van der Waals surface area contributed by atoms with E-state index in [0.717, 1.165) is 10.6 Å². The fraction of sp³-hybridized carbons (Fsp3) is 0.182. The Hall–Kier alpha value is -2.37. The molecule has 0 aliphatic carbocycles. The predicted molar refractivity (Wildman–Crippen MR) is 62.5 cm³/mol. The van der Waals surface area contributed by atoms with Gasteiger partial charge in [-0.3, -0.25) is 9.88 Å². The van der Waals surface area contributed by atoms with Crippen molar-refractivity contribution < 1.29 is 9.90 Å². The first-order chi connectivity index (χ1) is 8.09. The number of carbonyl (C=O) groups is 1. The van der Waals surface area contributed by atoms with Crippen LogP contribution in [-0.4, -0.2) is 33.0 Å². The molecule has 2 aromatic heterocycles. The van der Waals surface area contributed by atoms with E-state index in [2.05, 4.69) is 10.1 Å². The maximum absolute atomic E-state index is 10.9. The molecule has 0 unspecified atom stereocenters. The van der Waals surface area contributed by atoms with E-state index in [9.17, 15) is 4.79 Å². The average Bonchev–Trinajstić information content (AvgIpc) is 2.71. The topological polar surface area (TPSA) is 71.2 Å². The second kappa shape index (κ2) is 4.25. The van der Waals surface area contributed by atoms with Gasteiger partial charge < -0.3 is 5.11 Å². The molecule has 1 N–H and O–H groups in total. The normalized spacial score (nSPS) is 10.2. The second-order valence-corrected chi connectivity index (χ2v) is 3.60. The summed E-state index contributed by atoms with van der Waals surface area (Å²) in [6.07, 6.45) is 3.99. The van der Waals surface area contributed by atoms with Crippen molar-refractivity contribution in [2.45, 2.75) is 6.92 Å². The minimum absolute atomic E-state index is 0.557. The van der Waals surface area contributed by atoms with Gasteiger partial charge in [-0.05, 0) is 19.1 Å². The molecule has 0 spiro atoms. The third-order valence-corrected chi connectivity index (χ3v) is 2.43. The van der Waals surface area contributed by atoms with Gasteiger partial charge in [-0.1, -0.05) is 0 Å². The van der Waals surface area contributed by atoms with Crippen LogP contribution in [0.2, 0.25) is 0 Å². The molecule has 6 nitrogen and oxygen atoms in total. The molecule has 0 aliphatic rings. The van der Waals surface area contributed by atoms with Crippen LogP contribution in [0, 0.1) is 6.92 Å². The highest BCUT2D eigenvalue weighted by molar-refractivity contribution is 5.85. The Morgan fingerprint density at radius 2 is 2.29 bits per heavy atom. The van der Waals surface area contributed by atoms with Gasteiger partial charge in [0.1, 0.15) is 0 Å². The Labute approximate surface area is 98.1 Å². The van der Waals surface area contributed by atoms with E-state index in [0.29, 0.717) is 11.4 Å². The van der Waals surface area contributed by atoms with Crippen LogP contribution >= 0.6 is 0 Å². The third kappa shape index (κ3) is 2.10. The lowest BCUT2D eigenvalue weighted by atomic mass is 10.4. The quantitative estimate of drug-likeness (QED) is 0.855. The van der Waals surface area contributed by atoms with Gasteiger partial charge in [0.15, 0.2) is 0 Å². The van der Waals surface area contributed by atoms with Gasteiger partial charge in [-0.25, -0.2) is 9.48 Å². The molecule has 2 heterocycles. The number of anilines is 1. The zero-order chi connectivity index (χ0) is 12.4. The highest BCUT2D eigenvalue weighted by Crippen LogP contribution is 2.19. The highest BCUT2D eigenvalue weighted by atomic mass is 16.4. The Bertz CT molecular complexity index is 536. The minimum Gasteiger partial charge on any atom is -0.465 e. The van der Waals surface area contributed by atoms with Crippen molar-refractivity contribution in [2.24, 2.45) is 0 Å². The van der Waals surface area contributed by atoms with Crippen molar-refractivity contribution in [3.63, 3.8) is 0 Å². The summed E-state index contributed by atoms with van der Waals surface area (Å²) in [4.78, 5) is 16.0. The van der Waals surface area contributed by atoms with Gasteiger partial charge in [0, 0.05) is 13.2 Å². The van der Waals surface area contributed by atoms with Crippen molar-refractivity contribution in [2.75, 3.05) is 11.9 Å². The number of carboxylic acid groups (broad SMARTS) is 1. The number of hydrogen-bond donors (Lipinski definition) is 1. The van der Waals surface area contributed by atoms with Crippen LogP contribution < -0.4 is 4.90 Å². The number of amides is 1. The summed E-state index contributed by atoms with van der Waals surface area (Å²) < 4.78 is 1.61. The van der Waals surface area contributed by atoms with Crippen LogP contribution in [0.1, 0.15) is 5.69 Å². The fourth-order valence-electron chi connectivity index (χ4n) is 1.50. The Balaban J connectivity index is 2.41. The summed E-state index contributed by atoms with van der Waals surface area (Å²) in [5, 5.41) is 13.2. The van der Waals surface area contributed by atoms with Crippen LogP contribution in [0.4, 0.5) is 10.5 Å². The molecule has 0 atom stereocenters. The largest absolute Gasteiger partial charge is 0.465 e. The molecule has 6 heteroatoms. The lowest BCUT2D eigenvalue weighted by Crippen LogP contribution is -2.23. The van der Waals surface area contributed by atoms with Crippen LogP contribution in [0.25, 0.3) is 5.69 Å². The summed E-state index contributed by atoms with van der Waals surface area (Å²) in [7, 11) is 1.49. The van der Waals surface area contributed by atoms with E-state index < -0.39 is 6.09 Å². The Morgan fingerprint density at radius 1 is 1.53 bits per heavy atom. The molecule has 0 saturated heterocycles. The van der Waals surface area contributed by atoms with Crippen LogP contribution in [-0.2, 0) is 0 Å². The number of pyridine rings is 1. The second-order valence-electron chi connectivity index (χ2n) is 3.60. The van der Waals surface area contributed by atoms with Crippen LogP contribution in [0.15, 0.2) is 30.7 Å². The van der Waals surface area contributed by atoms with Crippen molar-refractivity contribution in [1.82, 2.24) is 14.8 Å². The lowest BCUT2D eigenvalue weighted by Gasteiger charge is -2.10. The molecule has 0 fully saturated rings. The molecule has 0 aromatic carbocycles. The zero-order valence-corrected chi connectivity index (χ0v) is 9.53. The molecule has 17 heavy (non-hydrogen) atoms. The molecule has 1 amide bonds. The number of nitrogens with zero attached hydrogens (tertiary/aromatic N) is 4. The summed E-state index contributed by atoms with van der Waals surface area (Å²) in [6, 6.07) is 3.65. The predicted octanol–water partition coefficient (Wildman–Crippen LogP) is 1.69. The SMILES string of the molecule is Cc1nn(-c2cccnc2)cc1N(C)C(=O)O. The van der Waals surface area contributed by atoms with Crippen LogP contribution in [0.3, 0.4) is 0 Å². The molecule has 2 aromatic rings. The van der Waals surface area contributed by atoms with Gasteiger partial charge in [-0.2, -0.15) is 5.10 Å². The number of rotatable bonds is 2. The monoisotopic (exact) mass is 232 g/mol. The number of hydrogen-bond acceptors (Lipinski definition) is 3. The molecule has 88 valence electrons. The first-order valence-electron chi connectivity index (χ1n) is 5.03. The maximum atomic E-state index is 10.9. The number of aryl methyl sites for hydroxylation is 1. The average molecular weight is 232 g/mol. The van der Waals surface area contributed by atoms with E-state index in [1.807, 2.05) is 6.07 Å². The smallest absolute Gasteiger partial charge is 0.411 e. The number of aromatic nitrogens is 3. The van der Waals surface area contributed by atoms with E-state index in [1.165, 1.54) is 7.05 Å². The van der Waals surface area contributed by atoms with Crippen molar-refractivity contribution >= 4 is 11.8 Å². The highest BCUT2D eigenvalue weighted by Gasteiger charge is 2.15. The van der Waals surface area contributed by atoms with E-state index in [-0.39, 0.29) is 0 Å². The van der Waals surface area contributed by atoms with E-state index in [4.69, 9.17) is 5.11 Å². The van der Waals surface area contributed by atoms with Crippen molar-refractivity contribution in [3.8, 4) is 5.69 Å². The van der Waals surface area contributed by atoms with Crippen molar-refractivity contribution in [1.29, 1.82) is 0 Å². The minimum atomic E-state index is -1.01. The summed E-state index contributed by atoms with van der Waals surface area (Å²) in [5.74, 6) is 0. The first-order valence-corrected chi connectivity index (χ1v) is 5.03. The molecular formula is C11H12N4O2. The van der Waals surface area contributed by atoms with Crippen molar-refractivity contribution in [3.05, 3.63) is 36.4 Å². The molecule has 2 rings (SSSR count). The Morgan fingerprint density at radius 3 is 2.88 bits per heavy atom. The molecule has 0 bridgehead atoms. The zero-order valence-electron chi connectivity index (χ0n) is 9.53. The molecule has 0 saturated carbocycles. The van der Waals surface area contributed by atoms with E-state index >= 15 is 0 Å². The summed E-state index contributed by atoms with van der Waals surface area (Å²) in [5.41, 5.74) is 2.00. The molecular weight excluding hydrogens is 220 g/mol. The van der Waals surface area contributed by atoms with Gasteiger partial charge in [0.2, 0.25) is 0 Å². The van der Waals surface area contributed by atoms with Gasteiger partial charge >= 0.3 is 6.09 Å². The van der Waals surface area contributed by atoms with Crippen LogP contribution in [0.5, 0.6) is 0 Å². The third-order valence-electron chi connectivity index (χ3n) is 2.43. The molecule has 0 aliphatic heterocycles. The standard InChI is InChI=1S/C11H12N4O2/c1-8-10(14(2)11(16)17)7-15(13-8)9-4-3-5-12-6-9/h3-7H,1-2H3,(H,16,17). The maximum Gasteiger partial charge on any atom is 0.411 e. The van der Waals surface area contributed by atoms with Gasteiger partial charge in [0.05, 0.1) is 29.5 Å². The first kappa shape index (κ1) is 11.1. The Kier molecular flexibility index (Phi) is 2.78. The lowest BCUT2D eigenvalue weighted by molar-refractivity contribution is 0.203. The summed E-state index contributed by atoms with van der Waals surface area (Å²) in [6.45, 7) is 1.77. The summed E-state index contributed by atoms with van der Waals surface area (Å²) >= 11 is 0. The van der Waals surface area contributed by atoms with Gasteiger partial charge in [0.25, 0.3) is 0 Å². The molecule has 0 radical (unpaired) electrons. The fourth-order valence-corrected chi connectivity index (χ4v) is 1.50.